The smallest absolute Gasteiger partial charge is 0.341 e. The second-order valence-electron chi connectivity index (χ2n) is 4.46. The van der Waals surface area contributed by atoms with E-state index in [9.17, 15) is 9.59 Å². The molecule has 1 aromatic heterocycles. The van der Waals surface area contributed by atoms with Crippen LogP contribution in [0.3, 0.4) is 0 Å². The van der Waals surface area contributed by atoms with Crippen molar-refractivity contribution in [1.29, 1.82) is 0 Å². The molecule has 1 N–H and O–H groups in total. The molecule has 0 bridgehead atoms. The van der Waals surface area contributed by atoms with E-state index < -0.39 is 11.4 Å². The van der Waals surface area contributed by atoms with Crippen LogP contribution in [0.1, 0.15) is 30.2 Å². The van der Waals surface area contributed by atoms with Crippen molar-refractivity contribution in [3.8, 4) is 0 Å². The lowest BCUT2D eigenvalue weighted by atomic mass is 10.1. The summed E-state index contributed by atoms with van der Waals surface area (Å²) in [6.45, 7) is 3.75. The first-order valence-corrected chi connectivity index (χ1v) is 6.35. The number of fused-ring (bicyclic) bond motifs is 1. The Bertz CT molecular complexity index is 735. The highest BCUT2D eigenvalue weighted by Crippen LogP contribution is 2.28. The predicted octanol–water partition coefficient (Wildman–Crippen LogP) is 3.59. The second kappa shape index (κ2) is 4.87. The third-order valence-corrected chi connectivity index (χ3v) is 3.34. The van der Waals surface area contributed by atoms with E-state index in [4.69, 9.17) is 28.3 Å². The van der Waals surface area contributed by atoms with Gasteiger partial charge in [0.05, 0.1) is 10.5 Å². The van der Waals surface area contributed by atoms with Crippen LogP contribution in [0.15, 0.2) is 23.1 Å². The van der Waals surface area contributed by atoms with Gasteiger partial charge in [-0.3, -0.25) is 4.79 Å². The Labute approximate surface area is 119 Å². The van der Waals surface area contributed by atoms with Gasteiger partial charge in [0, 0.05) is 22.6 Å². The summed E-state index contributed by atoms with van der Waals surface area (Å²) in [5, 5.41) is 9.93. The van der Waals surface area contributed by atoms with Crippen molar-refractivity contribution in [3.05, 3.63) is 44.2 Å². The van der Waals surface area contributed by atoms with Crippen molar-refractivity contribution in [1.82, 2.24) is 4.57 Å². The molecule has 0 atom stereocenters. The number of rotatable bonds is 2. The van der Waals surface area contributed by atoms with Gasteiger partial charge in [0.1, 0.15) is 5.56 Å². The number of hydrogen-bond acceptors (Lipinski definition) is 2. The van der Waals surface area contributed by atoms with E-state index in [1.807, 2.05) is 13.8 Å². The molecule has 0 unspecified atom stereocenters. The molecule has 2 rings (SSSR count). The fourth-order valence-corrected chi connectivity index (χ4v) is 2.56. The van der Waals surface area contributed by atoms with Crippen molar-refractivity contribution < 1.29 is 9.90 Å². The van der Waals surface area contributed by atoms with Crippen molar-refractivity contribution in [3.63, 3.8) is 0 Å². The molecule has 0 saturated heterocycles. The van der Waals surface area contributed by atoms with Gasteiger partial charge in [-0.15, -0.1) is 0 Å². The summed E-state index contributed by atoms with van der Waals surface area (Å²) >= 11 is 12.0. The minimum Gasteiger partial charge on any atom is -0.477 e. The third-order valence-electron chi connectivity index (χ3n) is 2.83. The summed E-state index contributed by atoms with van der Waals surface area (Å²) in [5.41, 5.74) is -0.376. The molecule has 1 aromatic carbocycles. The Kier molecular flexibility index (Phi) is 3.56. The van der Waals surface area contributed by atoms with Gasteiger partial charge >= 0.3 is 5.97 Å². The molecule has 2 aromatic rings. The van der Waals surface area contributed by atoms with Gasteiger partial charge in [-0.05, 0) is 26.0 Å². The van der Waals surface area contributed by atoms with Crippen LogP contribution in [-0.2, 0) is 0 Å². The van der Waals surface area contributed by atoms with Crippen LogP contribution in [-0.4, -0.2) is 15.6 Å². The number of carboxylic acids is 1. The largest absolute Gasteiger partial charge is 0.477 e. The van der Waals surface area contributed by atoms with Crippen LogP contribution in [0, 0.1) is 0 Å². The van der Waals surface area contributed by atoms with E-state index in [1.165, 1.54) is 18.3 Å². The van der Waals surface area contributed by atoms with Crippen LogP contribution >= 0.6 is 23.2 Å². The molecule has 0 radical (unpaired) electrons. The Morgan fingerprint density at radius 1 is 1.32 bits per heavy atom. The zero-order valence-electron chi connectivity index (χ0n) is 10.3. The number of benzene rings is 1. The fraction of sp³-hybridized carbons (Fsp3) is 0.231. The summed E-state index contributed by atoms with van der Waals surface area (Å²) in [7, 11) is 0. The van der Waals surface area contributed by atoms with Gasteiger partial charge in [-0.25, -0.2) is 4.79 Å². The summed E-state index contributed by atoms with van der Waals surface area (Å²) < 4.78 is 1.67. The molecule has 0 amide bonds. The fourth-order valence-electron chi connectivity index (χ4n) is 1.97. The molecule has 0 aliphatic carbocycles. The highest BCUT2D eigenvalue weighted by molar-refractivity contribution is 6.38. The van der Waals surface area contributed by atoms with Crippen molar-refractivity contribution in [2.24, 2.45) is 0 Å². The average Bonchev–Trinajstić information content (AvgIpc) is 2.29. The first kappa shape index (κ1) is 13.9. The lowest BCUT2D eigenvalue weighted by molar-refractivity contribution is 0.0695. The van der Waals surface area contributed by atoms with E-state index in [2.05, 4.69) is 0 Å². The van der Waals surface area contributed by atoms with Gasteiger partial charge in [0.25, 0.3) is 0 Å². The highest BCUT2D eigenvalue weighted by atomic mass is 35.5. The Morgan fingerprint density at radius 3 is 2.47 bits per heavy atom. The molecule has 0 spiro atoms. The van der Waals surface area contributed by atoms with Crippen molar-refractivity contribution in [2.45, 2.75) is 19.9 Å². The molecule has 4 nitrogen and oxygen atoms in total. The average molecular weight is 300 g/mol. The minimum atomic E-state index is -1.27. The van der Waals surface area contributed by atoms with Gasteiger partial charge in [-0.1, -0.05) is 23.2 Å². The zero-order chi connectivity index (χ0) is 14.3. The Hall–Kier alpha value is -1.52. The van der Waals surface area contributed by atoms with E-state index in [0.717, 1.165) is 0 Å². The molecule has 19 heavy (non-hydrogen) atoms. The summed E-state index contributed by atoms with van der Waals surface area (Å²) in [4.78, 5) is 23.3. The summed E-state index contributed by atoms with van der Waals surface area (Å²) in [6, 6.07) is 2.93. The first-order chi connectivity index (χ1) is 8.82. The molecule has 0 aliphatic rings. The van der Waals surface area contributed by atoms with E-state index in [0.29, 0.717) is 15.6 Å². The summed E-state index contributed by atoms with van der Waals surface area (Å²) in [6.07, 6.45) is 1.32. The molecule has 0 fully saturated rings. The van der Waals surface area contributed by atoms with Gasteiger partial charge < -0.3 is 9.67 Å². The van der Waals surface area contributed by atoms with Crippen LogP contribution in [0.25, 0.3) is 10.9 Å². The van der Waals surface area contributed by atoms with Crippen molar-refractivity contribution in [2.75, 3.05) is 0 Å². The lowest BCUT2D eigenvalue weighted by Crippen LogP contribution is -2.20. The van der Waals surface area contributed by atoms with Crippen LogP contribution in [0.2, 0.25) is 10.0 Å². The zero-order valence-corrected chi connectivity index (χ0v) is 11.8. The van der Waals surface area contributed by atoms with E-state index >= 15 is 0 Å². The van der Waals surface area contributed by atoms with Crippen LogP contribution in [0.4, 0.5) is 0 Å². The standard InChI is InChI=1S/C13H11Cl2NO3/c1-6(2)16-5-9(13(18)19)12(17)8-3-7(14)4-10(15)11(8)16/h3-6H,1-2H3,(H,18,19). The number of pyridine rings is 1. The number of hydrogen-bond donors (Lipinski definition) is 1. The number of nitrogens with zero attached hydrogens (tertiary/aromatic N) is 1. The Balaban J connectivity index is 3.05. The normalized spacial score (nSPS) is 11.2. The van der Waals surface area contributed by atoms with Crippen LogP contribution < -0.4 is 5.43 Å². The van der Waals surface area contributed by atoms with E-state index in [-0.39, 0.29) is 17.0 Å². The molecular formula is C13H11Cl2NO3. The second-order valence-corrected chi connectivity index (χ2v) is 5.31. The number of carboxylic acid groups (broad SMARTS) is 1. The van der Waals surface area contributed by atoms with Gasteiger partial charge in [-0.2, -0.15) is 0 Å². The summed E-state index contributed by atoms with van der Waals surface area (Å²) in [5.74, 6) is -1.27. The maximum absolute atomic E-state index is 12.1. The SMILES string of the molecule is CC(C)n1cc(C(=O)O)c(=O)c2cc(Cl)cc(Cl)c21. The molecule has 100 valence electrons. The number of halogens is 2. The maximum atomic E-state index is 12.1. The molecule has 0 aliphatic heterocycles. The molecular weight excluding hydrogens is 289 g/mol. The predicted molar refractivity (Wildman–Crippen MR) is 75.6 cm³/mol. The molecule has 0 saturated carbocycles. The topological polar surface area (TPSA) is 59.3 Å². The number of aromatic nitrogens is 1. The van der Waals surface area contributed by atoms with Gasteiger partial charge in [0.15, 0.2) is 0 Å². The van der Waals surface area contributed by atoms with Crippen LogP contribution in [0.5, 0.6) is 0 Å². The minimum absolute atomic E-state index is 0.0418. The maximum Gasteiger partial charge on any atom is 0.341 e. The Morgan fingerprint density at radius 2 is 1.95 bits per heavy atom. The van der Waals surface area contributed by atoms with E-state index in [1.54, 1.807) is 4.57 Å². The number of carbonyl (C=O) groups is 1. The molecule has 6 heteroatoms. The van der Waals surface area contributed by atoms with Crippen molar-refractivity contribution >= 4 is 40.1 Å². The number of aromatic carboxylic acids is 1. The quantitative estimate of drug-likeness (QED) is 0.922. The first-order valence-electron chi connectivity index (χ1n) is 5.60. The van der Waals surface area contributed by atoms with Gasteiger partial charge in [0.2, 0.25) is 5.43 Å². The monoisotopic (exact) mass is 299 g/mol. The highest BCUT2D eigenvalue weighted by Gasteiger charge is 2.18. The molecule has 1 heterocycles. The third kappa shape index (κ3) is 2.33. The lowest BCUT2D eigenvalue weighted by Gasteiger charge is -2.17.